The summed E-state index contributed by atoms with van der Waals surface area (Å²) < 4.78 is 5.73. The molecule has 5 heteroatoms. The van der Waals surface area contributed by atoms with Crippen molar-refractivity contribution in [3.8, 4) is 5.75 Å². The summed E-state index contributed by atoms with van der Waals surface area (Å²) in [6, 6.07) is 8.26. The van der Waals surface area contributed by atoms with Gasteiger partial charge in [0.15, 0.2) is 5.17 Å². The lowest BCUT2D eigenvalue weighted by molar-refractivity contribution is -0.115. The second-order valence-corrected chi connectivity index (χ2v) is 8.07. The molecule has 3 rings (SSSR count). The standard InChI is InChI=1S/C20H26N2O2S/c1-14(2)11-12-24-17-9-7-15(8-10-17)13-18-19(23)22-20(25-18)21-16-5-3-4-6-16/h7-10,13-14,16H,3-6,11-12H2,1-2H3,(H,21,22,23)/b18-13-. The lowest BCUT2D eigenvalue weighted by Crippen LogP contribution is -2.21. The topological polar surface area (TPSA) is 50.7 Å². The first kappa shape index (κ1) is 18.1. The van der Waals surface area contributed by atoms with Crippen LogP contribution < -0.4 is 10.1 Å². The van der Waals surface area contributed by atoms with E-state index in [4.69, 9.17) is 4.74 Å². The summed E-state index contributed by atoms with van der Waals surface area (Å²) in [6.07, 6.45) is 7.72. The van der Waals surface area contributed by atoms with Gasteiger partial charge in [-0.3, -0.25) is 9.79 Å². The molecule has 1 saturated carbocycles. The zero-order valence-electron chi connectivity index (χ0n) is 15.0. The fraction of sp³-hybridized carbons (Fsp3) is 0.500. The van der Waals surface area contributed by atoms with Crippen LogP contribution in [0.3, 0.4) is 0 Å². The van der Waals surface area contributed by atoms with Gasteiger partial charge in [0.2, 0.25) is 0 Å². The Morgan fingerprint density at radius 1 is 1.28 bits per heavy atom. The van der Waals surface area contributed by atoms with Gasteiger partial charge in [-0.15, -0.1) is 0 Å². The van der Waals surface area contributed by atoms with Crippen molar-refractivity contribution in [3.05, 3.63) is 34.7 Å². The van der Waals surface area contributed by atoms with Crippen molar-refractivity contribution in [2.75, 3.05) is 6.61 Å². The van der Waals surface area contributed by atoms with E-state index >= 15 is 0 Å². The molecule has 1 heterocycles. The van der Waals surface area contributed by atoms with Gasteiger partial charge in [0.1, 0.15) is 5.75 Å². The van der Waals surface area contributed by atoms with Crippen molar-refractivity contribution in [1.29, 1.82) is 0 Å². The molecule has 1 aromatic carbocycles. The Kier molecular flexibility index (Phi) is 6.19. The maximum absolute atomic E-state index is 12.1. The third-order valence-corrected chi connectivity index (χ3v) is 5.34. The van der Waals surface area contributed by atoms with Gasteiger partial charge in [0.25, 0.3) is 5.91 Å². The molecule has 1 aliphatic carbocycles. The van der Waals surface area contributed by atoms with E-state index in [1.807, 2.05) is 30.3 Å². The van der Waals surface area contributed by atoms with Crippen molar-refractivity contribution in [2.45, 2.75) is 52.0 Å². The summed E-state index contributed by atoms with van der Waals surface area (Å²) in [5.74, 6) is 1.45. The zero-order chi connectivity index (χ0) is 17.6. The molecule has 0 aromatic heterocycles. The van der Waals surface area contributed by atoms with Gasteiger partial charge in [-0.25, -0.2) is 0 Å². The summed E-state index contributed by atoms with van der Waals surface area (Å²) in [5.41, 5.74) is 0.996. The Hall–Kier alpha value is -1.75. The summed E-state index contributed by atoms with van der Waals surface area (Å²) in [4.78, 5) is 17.5. The molecule has 1 saturated heterocycles. The van der Waals surface area contributed by atoms with Crippen LogP contribution >= 0.6 is 11.8 Å². The average Bonchev–Trinajstić information content (AvgIpc) is 3.19. The molecule has 134 valence electrons. The van der Waals surface area contributed by atoms with E-state index in [-0.39, 0.29) is 5.91 Å². The monoisotopic (exact) mass is 358 g/mol. The molecule has 25 heavy (non-hydrogen) atoms. The molecule has 0 unspecified atom stereocenters. The predicted octanol–water partition coefficient (Wildman–Crippen LogP) is 4.61. The van der Waals surface area contributed by atoms with E-state index in [1.54, 1.807) is 0 Å². The molecular formula is C20H26N2O2S. The summed E-state index contributed by atoms with van der Waals surface area (Å²) in [5, 5.41) is 3.63. The lowest BCUT2D eigenvalue weighted by atomic mass is 10.1. The fourth-order valence-electron chi connectivity index (χ4n) is 2.91. The highest BCUT2D eigenvalue weighted by Crippen LogP contribution is 2.29. The van der Waals surface area contributed by atoms with E-state index in [9.17, 15) is 4.79 Å². The van der Waals surface area contributed by atoms with Crippen molar-refractivity contribution >= 4 is 28.9 Å². The summed E-state index contributed by atoms with van der Waals surface area (Å²) in [6.45, 7) is 5.11. The number of hydrogen-bond donors (Lipinski definition) is 1. The number of amides is 1. The minimum absolute atomic E-state index is 0.0565. The third kappa shape index (κ3) is 5.36. The van der Waals surface area contributed by atoms with Gasteiger partial charge in [0.05, 0.1) is 17.6 Å². The third-order valence-electron chi connectivity index (χ3n) is 4.42. The van der Waals surface area contributed by atoms with Crippen LogP contribution in [0, 0.1) is 5.92 Å². The molecule has 0 bridgehead atoms. The SMILES string of the molecule is CC(C)CCOc1ccc(/C=C2\SC(=NC3CCCC3)NC2=O)cc1. The van der Waals surface area contributed by atoms with Crippen LogP contribution in [0.2, 0.25) is 0 Å². The van der Waals surface area contributed by atoms with Gasteiger partial charge in [-0.1, -0.05) is 38.8 Å². The highest BCUT2D eigenvalue weighted by Gasteiger charge is 2.25. The van der Waals surface area contributed by atoms with Gasteiger partial charge in [-0.05, 0) is 60.7 Å². The van der Waals surface area contributed by atoms with Crippen molar-refractivity contribution in [1.82, 2.24) is 5.32 Å². The number of rotatable bonds is 6. The van der Waals surface area contributed by atoms with Crippen LogP contribution in [-0.4, -0.2) is 23.7 Å². The van der Waals surface area contributed by atoms with Crippen LogP contribution in [0.25, 0.3) is 6.08 Å². The summed E-state index contributed by atoms with van der Waals surface area (Å²) in [7, 11) is 0. The van der Waals surface area contributed by atoms with Crippen molar-refractivity contribution < 1.29 is 9.53 Å². The number of hydrogen-bond acceptors (Lipinski definition) is 4. The van der Waals surface area contributed by atoms with E-state index in [0.29, 0.717) is 16.9 Å². The molecular weight excluding hydrogens is 332 g/mol. The van der Waals surface area contributed by atoms with E-state index < -0.39 is 0 Å². The van der Waals surface area contributed by atoms with Gasteiger partial charge < -0.3 is 10.1 Å². The highest BCUT2D eigenvalue weighted by atomic mass is 32.2. The Bertz CT molecular complexity index is 659. The van der Waals surface area contributed by atoms with Crippen LogP contribution in [0.4, 0.5) is 0 Å². The second kappa shape index (κ2) is 8.56. The molecule has 4 nitrogen and oxygen atoms in total. The number of nitrogens with one attached hydrogen (secondary N) is 1. The Morgan fingerprint density at radius 2 is 2.00 bits per heavy atom. The van der Waals surface area contributed by atoms with Crippen LogP contribution in [-0.2, 0) is 4.79 Å². The fourth-order valence-corrected chi connectivity index (χ4v) is 3.80. The molecule has 1 amide bonds. The van der Waals surface area contributed by atoms with E-state index in [2.05, 4.69) is 24.2 Å². The van der Waals surface area contributed by atoms with Crippen LogP contribution in [0.15, 0.2) is 34.2 Å². The average molecular weight is 359 g/mol. The Balaban J connectivity index is 1.59. The quantitative estimate of drug-likeness (QED) is 0.755. The first-order valence-electron chi connectivity index (χ1n) is 9.12. The Labute approximate surface area is 154 Å². The molecule has 2 aliphatic rings. The minimum Gasteiger partial charge on any atom is -0.494 e. The minimum atomic E-state index is -0.0565. The lowest BCUT2D eigenvalue weighted by Gasteiger charge is -2.08. The molecule has 0 radical (unpaired) electrons. The molecule has 0 atom stereocenters. The largest absolute Gasteiger partial charge is 0.494 e. The highest BCUT2D eigenvalue weighted by molar-refractivity contribution is 8.18. The molecule has 2 fully saturated rings. The summed E-state index contributed by atoms with van der Waals surface area (Å²) >= 11 is 1.44. The number of ether oxygens (including phenoxy) is 1. The number of benzene rings is 1. The van der Waals surface area contributed by atoms with Gasteiger partial charge in [0, 0.05) is 0 Å². The molecule has 1 aliphatic heterocycles. The van der Waals surface area contributed by atoms with Crippen molar-refractivity contribution in [3.63, 3.8) is 0 Å². The van der Waals surface area contributed by atoms with E-state index in [1.165, 1.54) is 24.6 Å². The first-order valence-corrected chi connectivity index (χ1v) is 9.93. The zero-order valence-corrected chi connectivity index (χ0v) is 15.8. The normalized spacial score (nSPS) is 21.5. The molecule has 0 spiro atoms. The second-order valence-electron chi connectivity index (χ2n) is 7.04. The predicted molar refractivity (Wildman–Crippen MR) is 105 cm³/mol. The first-order chi connectivity index (χ1) is 12.1. The maximum Gasteiger partial charge on any atom is 0.264 e. The van der Waals surface area contributed by atoms with Crippen LogP contribution in [0.1, 0.15) is 51.5 Å². The number of amidine groups is 1. The number of carbonyl (C=O) groups is 1. The number of thioether (sulfide) groups is 1. The van der Waals surface area contributed by atoms with Gasteiger partial charge in [-0.2, -0.15) is 0 Å². The number of carbonyl (C=O) groups excluding carboxylic acids is 1. The van der Waals surface area contributed by atoms with E-state index in [0.717, 1.165) is 42.3 Å². The number of nitrogens with zero attached hydrogens (tertiary/aromatic N) is 1. The van der Waals surface area contributed by atoms with Gasteiger partial charge >= 0.3 is 0 Å². The van der Waals surface area contributed by atoms with Crippen molar-refractivity contribution in [2.24, 2.45) is 10.9 Å². The van der Waals surface area contributed by atoms with Crippen LogP contribution in [0.5, 0.6) is 5.75 Å². The molecule has 1 aromatic rings. The Morgan fingerprint density at radius 3 is 2.68 bits per heavy atom. The number of aliphatic imine (C=N–C) groups is 1. The maximum atomic E-state index is 12.1. The molecule has 1 N–H and O–H groups in total. The smallest absolute Gasteiger partial charge is 0.264 e.